The van der Waals surface area contributed by atoms with Crippen molar-refractivity contribution in [2.24, 2.45) is 0 Å². The Balaban J connectivity index is 1.31. The summed E-state index contributed by atoms with van der Waals surface area (Å²) in [6.07, 6.45) is 2.12. The van der Waals surface area contributed by atoms with Gasteiger partial charge in [-0.15, -0.1) is 0 Å². The number of hydrogen-bond donors (Lipinski definition) is 0. The maximum atomic E-state index is 12.9. The lowest BCUT2D eigenvalue weighted by atomic mass is 9.97. The highest BCUT2D eigenvalue weighted by Gasteiger charge is 2.14. The van der Waals surface area contributed by atoms with Crippen molar-refractivity contribution in [3.63, 3.8) is 0 Å². The molecule has 3 aromatic rings. The SMILES string of the molecule is COC(=O)CCCc1ccc(C(=O)c2ccc(CC(=O)c3ccc(N4CCOCC4)cc3)cc2)cc1. The number of aryl methyl sites for hydroxylation is 1. The Bertz CT molecular complexity index is 1180. The van der Waals surface area contributed by atoms with Gasteiger partial charge in [0.05, 0.1) is 20.3 Å². The molecule has 1 fully saturated rings. The maximum Gasteiger partial charge on any atom is 0.305 e. The monoisotopic (exact) mass is 485 g/mol. The van der Waals surface area contributed by atoms with Gasteiger partial charge in [0.15, 0.2) is 11.6 Å². The van der Waals surface area contributed by atoms with E-state index in [0.29, 0.717) is 29.5 Å². The third kappa shape index (κ3) is 6.67. The minimum atomic E-state index is -0.214. The molecule has 0 aromatic heterocycles. The predicted octanol–water partition coefficient (Wildman–Crippen LogP) is 4.68. The van der Waals surface area contributed by atoms with E-state index in [1.807, 2.05) is 60.7 Å². The molecule has 1 aliphatic heterocycles. The van der Waals surface area contributed by atoms with Crippen LogP contribution >= 0.6 is 0 Å². The Morgan fingerprint density at radius 1 is 0.778 bits per heavy atom. The van der Waals surface area contributed by atoms with Gasteiger partial charge in [-0.3, -0.25) is 14.4 Å². The number of anilines is 1. The van der Waals surface area contributed by atoms with Crippen molar-refractivity contribution < 1.29 is 23.9 Å². The smallest absolute Gasteiger partial charge is 0.305 e. The van der Waals surface area contributed by atoms with Gasteiger partial charge in [0.1, 0.15) is 0 Å². The summed E-state index contributed by atoms with van der Waals surface area (Å²) < 4.78 is 10.1. The number of ether oxygens (including phenoxy) is 2. The van der Waals surface area contributed by atoms with E-state index in [4.69, 9.17) is 4.74 Å². The molecule has 4 rings (SSSR count). The van der Waals surface area contributed by atoms with Crippen molar-refractivity contribution in [2.45, 2.75) is 25.7 Å². The number of Topliss-reactive ketones (excluding diaryl/α,β-unsaturated/α-hetero) is 1. The van der Waals surface area contributed by atoms with Crippen LogP contribution in [0.2, 0.25) is 0 Å². The molecular weight excluding hydrogens is 454 g/mol. The highest BCUT2D eigenvalue weighted by atomic mass is 16.5. The van der Waals surface area contributed by atoms with Gasteiger partial charge < -0.3 is 14.4 Å². The Hall–Kier alpha value is -3.77. The summed E-state index contributed by atoms with van der Waals surface area (Å²) in [5.41, 5.74) is 4.92. The zero-order valence-corrected chi connectivity index (χ0v) is 20.6. The topological polar surface area (TPSA) is 72.9 Å². The van der Waals surface area contributed by atoms with Gasteiger partial charge in [-0.2, -0.15) is 0 Å². The molecule has 6 heteroatoms. The van der Waals surface area contributed by atoms with Crippen molar-refractivity contribution in [1.29, 1.82) is 0 Å². The molecule has 0 amide bonds. The van der Waals surface area contributed by atoms with E-state index in [-0.39, 0.29) is 24.0 Å². The van der Waals surface area contributed by atoms with Crippen LogP contribution in [0.15, 0.2) is 72.8 Å². The number of esters is 1. The molecule has 1 saturated heterocycles. The van der Waals surface area contributed by atoms with E-state index in [2.05, 4.69) is 9.64 Å². The lowest BCUT2D eigenvalue weighted by Gasteiger charge is -2.28. The molecule has 0 unspecified atom stereocenters. The average molecular weight is 486 g/mol. The number of nitrogens with zero attached hydrogens (tertiary/aromatic N) is 1. The lowest BCUT2D eigenvalue weighted by Crippen LogP contribution is -2.36. The van der Waals surface area contributed by atoms with Crippen molar-refractivity contribution in [3.05, 3.63) is 101 Å². The quantitative estimate of drug-likeness (QED) is 0.307. The fraction of sp³-hybridized carbons (Fsp3) is 0.300. The number of hydrogen-bond acceptors (Lipinski definition) is 6. The molecule has 3 aromatic carbocycles. The van der Waals surface area contributed by atoms with Crippen LogP contribution in [-0.4, -0.2) is 50.9 Å². The first-order chi connectivity index (χ1) is 17.5. The summed E-state index contributed by atoms with van der Waals surface area (Å²) in [5, 5.41) is 0. The van der Waals surface area contributed by atoms with Gasteiger partial charge in [-0.1, -0.05) is 48.5 Å². The van der Waals surface area contributed by atoms with Gasteiger partial charge in [-0.25, -0.2) is 0 Å². The molecule has 1 aliphatic rings. The number of carbonyl (C=O) groups excluding carboxylic acids is 3. The second-order valence-electron chi connectivity index (χ2n) is 8.90. The molecule has 0 spiro atoms. The summed E-state index contributed by atoms with van der Waals surface area (Å²) in [7, 11) is 1.39. The third-order valence-corrected chi connectivity index (χ3v) is 6.44. The Morgan fingerprint density at radius 2 is 1.33 bits per heavy atom. The highest BCUT2D eigenvalue weighted by molar-refractivity contribution is 6.09. The first-order valence-electron chi connectivity index (χ1n) is 12.3. The second-order valence-corrected chi connectivity index (χ2v) is 8.90. The summed E-state index contributed by atoms with van der Waals surface area (Å²) in [4.78, 5) is 39.1. The summed E-state index contributed by atoms with van der Waals surface area (Å²) >= 11 is 0. The zero-order chi connectivity index (χ0) is 25.3. The predicted molar refractivity (Wildman–Crippen MR) is 139 cm³/mol. The number of benzene rings is 3. The van der Waals surface area contributed by atoms with Crippen LogP contribution in [0.4, 0.5) is 5.69 Å². The summed E-state index contributed by atoms with van der Waals surface area (Å²) in [6.45, 7) is 3.17. The van der Waals surface area contributed by atoms with Gasteiger partial charge in [-0.05, 0) is 48.2 Å². The third-order valence-electron chi connectivity index (χ3n) is 6.44. The van der Waals surface area contributed by atoms with Gasteiger partial charge >= 0.3 is 5.97 Å². The number of ketones is 2. The van der Waals surface area contributed by atoms with Crippen molar-refractivity contribution in [3.8, 4) is 0 Å². The molecule has 36 heavy (non-hydrogen) atoms. The Kier molecular flexibility index (Phi) is 8.63. The Morgan fingerprint density at radius 3 is 1.92 bits per heavy atom. The van der Waals surface area contributed by atoms with Gasteiger partial charge in [0.2, 0.25) is 0 Å². The van der Waals surface area contributed by atoms with Crippen LogP contribution in [0, 0.1) is 0 Å². The minimum Gasteiger partial charge on any atom is -0.469 e. The fourth-order valence-corrected chi connectivity index (χ4v) is 4.27. The molecule has 0 N–H and O–H groups in total. The van der Waals surface area contributed by atoms with Crippen LogP contribution in [0.5, 0.6) is 0 Å². The molecule has 0 aliphatic carbocycles. The molecule has 186 valence electrons. The molecule has 0 radical (unpaired) electrons. The molecule has 6 nitrogen and oxygen atoms in total. The maximum absolute atomic E-state index is 12.9. The van der Waals surface area contributed by atoms with E-state index in [1.54, 1.807) is 12.1 Å². The first kappa shape index (κ1) is 25.3. The molecule has 1 heterocycles. The lowest BCUT2D eigenvalue weighted by molar-refractivity contribution is -0.140. The highest BCUT2D eigenvalue weighted by Crippen LogP contribution is 2.19. The van der Waals surface area contributed by atoms with Crippen LogP contribution in [0.1, 0.15) is 50.2 Å². The summed E-state index contributed by atoms with van der Waals surface area (Å²) in [5.74, 6) is -0.230. The van der Waals surface area contributed by atoms with Crippen LogP contribution in [-0.2, 0) is 27.1 Å². The average Bonchev–Trinajstić information content (AvgIpc) is 2.94. The number of methoxy groups -OCH3 is 1. The standard InChI is InChI=1S/C30H31NO5/c1-35-29(33)4-2-3-22-5-9-25(10-6-22)30(34)26-11-7-23(8-12-26)21-28(32)24-13-15-27(16-14-24)31-17-19-36-20-18-31/h5-16H,2-4,17-21H2,1H3. The van der Waals surface area contributed by atoms with Gasteiger partial charge in [0, 0.05) is 48.3 Å². The van der Waals surface area contributed by atoms with E-state index in [9.17, 15) is 14.4 Å². The van der Waals surface area contributed by atoms with Crippen molar-refractivity contribution in [2.75, 3.05) is 38.3 Å². The molecule has 0 saturated carbocycles. The molecular formula is C30H31NO5. The number of rotatable bonds is 10. The second kappa shape index (κ2) is 12.3. The zero-order valence-electron chi connectivity index (χ0n) is 20.6. The minimum absolute atomic E-state index is 0.0467. The van der Waals surface area contributed by atoms with Crippen LogP contribution in [0.25, 0.3) is 0 Å². The van der Waals surface area contributed by atoms with Crippen molar-refractivity contribution >= 4 is 23.2 Å². The number of morpholine rings is 1. The van der Waals surface area contributed by atoms with E-state index in [0.717, 1.165) is 49.5 Å². The fourth-order valence-electron chi connectivity index (χ4n) is 4.27. The molecule has 0 atom stereocenters. The molecule has 0 bridgehead atoms. The van der Waals surface area contributed by atoms with Crippen LogP contribution < -0.4 is 4.90 Å². The van der Waals surface area contributed by atoms with Crippen LogP contribution in [0.3, 0.4) is 0 Å². The van der Waals surface area contributed by atoms with E-state index >= 15 is 0 Å². The van der Waals surface area contributed by atoms with E-state index in [1.165, 1.54) is 7.11 Å². The van der Waals surface area contributed by atoms with Crippen molar-refractivity contribution in [1.82, 2.24) is 0 Å². The normalized spacial score (nSPS) is 13.3. The Labute approximate surface area is 211 Å². The first-order valence-corrected chi connectivity index (χ1v) is 12.3. The largest absolute Gasteiger partial charge is 0.469 e. The number of carbonyl (C=O) groups is 3. The van der Waals surface area contributed by atoms with Gasteiger partial charge in [0.25, 0.3) is 0 Å². The van der Waals surface area contributed by atoms with E-state index < -0.39 is 0 Å². The summed E-state index contributed by atoms with van der Waals surface area (Å²) in [6, 6.07) is 22.4.